The van der Waals surface area contributed by atoms with Gasteiger partial charge in [-0.05, 0) is 36.8 Å². The van der Waals surface area contributed by atoms with Crippen LogP contribution in [0.1, 0.15) is 16.8 Å². The van der Waals surface area contributed by atoms with Crippen molar-refractivity contribution in [3.63, 3.8) is 0 Å². The standard InChI is InChI=1S/C14H14BrN3O/c1-9-7-11(15)4-5-12(9)19-8-10-3-2-6-18-13(10)14(16)17/h2-7H,8H2,1H3,(H3,16,17). The van der Waals surface area contributed by atoms with Crippen LogP contribution in [-0.2, 0) is 6.61 Å². The second kappa shape index (κ2) is 5.84. The van der Waals surface area contributed by atoms with Crippen LogP contribution in [0.15, 0.2) is 41.0 Å². The summed E-state index contributed by atoms with van der Waals surface area (Å²) in [6.45, 7) is 2.32. The zero-order chi connectivity index (χ0) is 13.8. The van der Waals surface area contributed by atoms with E-state index in [2.05, 4.69) is 20.9 Å². The van der Waals surface area contributed by atoms with Gasteiger partial charge in [-0.1, -0.05) is 22.0 Å². The molecule has 98 valence electrons. The minimum atomic E-state index is -0.0493. The molecule has 1 aromatic carbocycles. The van der Waals surface area contributed by atoms with Crippen LogP contribution in [0.5, 0.6) is 5.75 Å². The molecule has 0 aliphatic heterocycles. The first-order chi connectivity index (χ1) is 9.08. The fraction of sp³-hybridized carbons (Fsp3) is 0.143. The van der Waals surface area contributed by atoms with Gasteiger partial charge in [-0.2, -0.15) is 0 Å². The van der Waals surface area contributed by atoms with Crippen molar-refractivity contribution in [2.24, 2.45) is 5.73 Å². The molecule has 19 heavy (non-hydrogen) atoms. The van der Waals surface area contributed by atoms with E-state index in [1.807, 2.05) is 31.2 Å². The fourth-order valence-electron chi connectivity index (χ4n) is 1.73. The van der Waals surface area contributed by atoms with Crippen LogP contribution in [0.25, 0.3) is 0 Å². The Balaban J connectivity index is 2.17. The molecule has 0 spiro atoms. The van der Waals surface area contributed by atoms with E-state index in [1.165, 1.54) is 0 Å². The van der Waals surface area contributed by atoms with Gasteiger partial charge in [0, 0.05) is 16.2 Å². The van der Waals surface area contributed by atoms with Crippen molar-refractivity contribution in [2.75, 3.05) is 0 Å². The lowest BCUT2D eigenvalue weighted by molar-refractivity contribution is 0.303. The first-order valence-corrected chi connectivity index (χ1v) is 6.54. The van der Waals surface area contributed by atoms with Crippen molar-refractivity contribution in [2.45, 2.75) is 13.5 Å². The second-order valence-corrected chi connectivity index (χ2v) is 5.04. The van der Waals surface area contributed by atoms with Gasteiger partial charge in [0.1, 0.15) is 23.9 Å². The number of rotatable bonds is 4. The summed E-state index contributed by atoms with van der Waals surface area (Å²) in [6, 6.07) is 9.49. The zero-order valence-corrected chi connectivity index (χ0v) is 12.1. The lowest BCUT2D eigenvalue weighted by Gasteiger charge is -2.11. The summed E-state index contributed by atoms with van der Waals surface area (Å²) >= 11 is 3.41. The minimum absolute atomic E-state index is 0.0493. The van der Waals surface area contributed by atoms with Crippen LogP contribution in [-0.4, -0.2) is 10.8 Å². The Morgan fingerprint density at radius 1 is 1.42 bits per heavy atom. The number of hydrogen-bond acceptors (Lipinski definition) is 3. The Labute approximate surface area is 120 Å². The monoisotopic (exact) mass is 319 g/mol. The highest BCUT2D eigenvalue weighted by atomic mass is 79.9. The highest BCUT2D eigenvalue weighted by molar-refractivity contribution is 9.10. The third-order valence-corrected chi connectivity index (χ3v) is 3.16. The molecule has 0 atom stereocenters. The number of aromatic nitrogens is 1. The smallest absolute Gasteiger partial charge is 0.142 e. The first kappa shape index (κ1) is 13.5. The summed E-state index contributed by atoms with van der Waals surface area (Å²) in [6.07, 6.45) is 1.62. The van der Waals surface area contributed by atoms with Gasteiger partial charge in [-0.15, -0.1) is 0 Å². The molecule has 0 saturated carbocycles. The molecule has 0 aliphatic carbocycles. The molecule has 0 radical (unpaired) electrons. The summed E-state index contributed by atoms with van der Waals surface area (Å²) in [5, 5.41) is 7.48. The van der Waals surface area contributed by atoms with E-state index in [4.69, 9.17) is 15.9 Å². The number of benzene rings is 1. The molecule has 5 heteroatoms. The molecular formula is C14H14BrN3O. The van der Waals surface area contributed by atoms with E-state index in [0.717, 1.165) is 21.3 Å². The number of ether oxygens (including phenoxy) is 1. The fourth-order valence-corrected chi connectivity index (χ4v) is 2.20. The van der Waals surface area contributed by atoms with Gasteiger partial charge in [0.05, 0.1) is 0 Å². The molecule has 1 heterocycles. The van der Waals surface area contributed by atoms with E-state index in [0.29, 0.717) is 12.3 Å². The highest BCUT2D eigenvalue weighted by Crippen LogP contribution is 2.23. The molecule has 2 aromatic rings. The number of aryl methyl sites for hydroxylation is 1. The summed E-state index contributed by atoms with van der Waals surface area (Å²) in [5.74, 6) is 0.758. The highest BCUT2D eigenvalue weighted by Gasteiger charge is 2.07. The average molecular weight is 320 g/mol. The Bertz CT molecular complexity index is 613. The third kappa shape index (κ3) is 3.32. The molecule has 4 nitrogen and oxygen atoms in total. The van der Waals surface area contributed by atoms with Crippen LogP contribution >= 0.6 is 15.9 Å². The van der Waals surface area contributed by atoms with Crippen LogP contribution in [0, 0.1) is 12.3 Å². The van der Waals surface area contributed by atoms with Gasteiger partial charge in [0.2, 0.25) is 0 Å². The van der Waals surface area contributed by atoms with E-state index >= 15 is 0 Å². The van der Waals surface area contributed by atoms with Crippen LogP contribution in [0.2, 0.25) is 0 Å². The maximum absolute atomic E-state index is 7.48. The predicted octanol–water partition coefficient (Wildman–Crippen LogP) is 3.02. The van der Waals surface area contributed by atoms with Crippen molar-refractivity contribution in [1.29, 1.82) is 5.41 Å². The molecule has 3 N–H and O–H groups in total. The Morgan fingerprint density at radius 3 is 2.89 bits per heavy atom. The van der Waals surface area contributed by atoms with Crippen molar-refractivity contribution in [3.8, 4) is 5.75 Å². The number of nitrogens with zero attached hydrogens (tertiary/aromatic N) is 1. The van der Waals surface area contributed by atoms with Crippen molar-refractivity contribution < 1.29 is 4.74 Å². The number of nitrogen functional groups attached to an aromatic ring is 1. The molecule has 0 saturated heterocycles. The maximum Gasteiger partial charge on any atom is 0.142 e. The van der Waals surface area contributed by atoms with E-state index in [1.54, 1.807) is 12.3 Å². The third-order valence-electron chi connectivity index (χ3n) is 2.67. The molecule has 0 aliphatic rings. The Morgan fingerprint density at radius 2 is 2.21 bits per heavy atom. The number of nitrogens with two attached hydrogens (primary N) is 1. The predicted molar refractivity (Wildman–Crippen MR) is 78.5 cm³/mol. The average Bonchev–Trinajstić information content (AvgIpc) is 2.38. The summed E-state index contributed by atoms with van der Waals surface area (Å²) in [4.78, 5) is 4.09. The molecular weight excluding hydrogens is 306 g/mol. The van der Waals surface area contributed by atoms with E-state index in [-0.39, 0.29) is 5.84 Å². The Hall–Kier alpha value is -1.88. The summed E-state index contributed by atoms with van der Waals surface area (Å²) in [5.41, 5.74) is 7.81. The SMILES string of the molecule is Cc1cc(Br)ccc1OCc1cccnc1C(=N)N. The molecule has 0 fully saturated rings. The minimum Gasteiger partial charge on any atom is -0.489 e. The van der Waals surface area contributed by atoms with Crippen LogP contribution in [0.3, 0.4) is 0 Å². The van der Waals surface area contributed by atoms with Gasteiger partial charge in [0.15, 0.2) is 0 Å². The van der Waals surface area contributed by atoms with Gasteiger partial charge >= 0.3 is 0 Å². The van der Waals surface area contributed by atoms with Gasteiger partial charge in [-0.25, -0.2) is 0 Å². The normalized spacial score (nSPS) is 10.2. The largest absolute Gasteiger partial charge is 0.489 e. The zero-order valence-electron chi connectivity index (χ0n) is 10.5. The number of halogens is 1. The maximum atomic E-state index is 7.48. The van der Waals surface area contributed by atoms with Gasteiger partial charge < -0.3 is 10.5 Å². The van der Waals surface area contributed by atoms with Gasteiger partial charge in [-0.3, -0.25) is 10.4 Å². The second-order valence-electron chi connectivity index (χ2n) is 4.12. The number of nitrogens with one attached hydrogen (secondary N) is 1. The molecule has 0 amide bonds. The van der Waals surface area contributed by atoms with E-state index in [9.17, 15) is 0 Å². The van der Waals surface area contributed by atoms with Crippen molar-refractivity contribution >= 4 is 21.8 Å². The Kier molecular flexibility index (Phi) is 4.16. The van der Waals surface area contributed by atoms with Crippen molar-refractivity contribution in [1.82, 2.24) is 4.98 Å². The molecule has 1 aromatic heterocycles. The lowest BCUT2D eigenvalue weighted by Crippen LogP contribution is -2.16. The summed E-state index contributed by atoms with van der Waals surface area (Å²) in [7, 11) is 0. The first-order valence-electron chi connectivity index (χ1n) is 5.75. The topological polar surface area (TPSA) is 72.0 Å². The number of pyridine rings is 1. The van der Waals surface area contributed by atoms with Gasteiger partial charge in [0.25, 0.3) is 0 Å². The molecule has 2 rings (SSSR count). The van der Waals surface area contributed by atoms with Crippen LogP contribution in [0.4, 0.5) is 0 Å². The molecule has 0 unspecified atom stereocenters. The number of hydrogen-bond donors (Lipinski definition) is 2. The molecule has 0 bridgehead atoms. The van der Waals surface area contributed by atoms with E-state index < -0.39 is 0 Å². The lowest BCUT2D eigenvalue weighted by atomic mass is 10.2. The van der Waals surface area contributed by atoms with Crippen molar-refractivity contribution in [3.05, 3.63) is 57.8 Å². The van der Waals surface area contributed by atoms with Crippen LogP contribution < -0.4 is 10.5 Å². The quantitative estimate of drug-likeness (QED) is 0.672. The summed E-state index contributed by atoms with van der Waals surface area (Å²) < 4.78 is 6.77. The number of amidine groups is 1.